The fourth-order valence-electron chi connectivity index (χ4n) is 2.69. The van der Waals surface area contributed by atoms with E-state index in [0.717, 1.165) is 11.5 Å². The number of aromatic nitrogens is 1. The molecule has 0 spiro atoms. The normalized spacial score (nSPS) is 10.4. The van der Waals surface area contributed by atoms with Gasteiger partial charge in [0.05, 0.1) is 30.7 Å². The van der Waals surface area contributed by atoms with Crippen LogP contribution in [0.4, 0.5) is 5.69 Å². The Morgan fingerprint density at radius 3 is 2.52 bits per heavy atom. The number of nitro benzene ring substituents is 1. The monoisotopic (exact) mass is 368 g/mol. The third-order valence-corrected chi connectivity index (χ3v) is 3.99. The fraction of sp³-hybridized carbons (Fsp3) is 0.158. The van der Waals surface area contributed by atoms with E-state index in [1.165, 1.54) is 20.3 Å². The van der Waals surface area contributed by atoms with Crippen LogP contribution in [0.25, 0.3) is 10.9 Å². The maximum atomic E-state index is 12.5. The van der Waals surface area contributed by atoms with Crippen molar-refractivity contribution in [2.75, 3.05) is 14.2 Å². The highest BCUT2D eigenvalue weighted by atomic mass is 16.6. The smallest absolute Gasteiger partial charge is 0.345 e. The Kier molecular flexibility index (Phi) is 5.16. The summed E-state index contributed by atoms with van der Waals surface area (Å²) < 4.78 is 15.5. The van der Waals surface area contributed by atoms with Crippen molar-refractivity contribution in [3.63, 3.8) is 0 Å². The second-order valence-corrected chi connectivity index (χ2v) is 5.55. The molecule has 0 unspecified atom stereocenters. The molecule has 3 rings (SSSR count). The summed E-state index contributed by atoms with van der Waals surface area (Å²) in [6, 6.07) is 11.6. The first-order valence-corrected chi connectivity index (χ1v) is 7.95. The highest BCUT2D eigenvalue weighted by Gasteiger charge is 2.25. The number of nitrogens with zero attached hydrogens (tertiary/aromatic N) is 2. The third kappa shape index (κ3) is 3.64. The van der Waals surface area contributed by atoms with E-state index in [9.17, 15) is 14.9 Å². The minimum absolute atomic E-state index is 0.0707. The fourth-order valence-corrected chi connectivity index (χ4v) is 2.69. The lowest BCUT2D eigenvalue weighted by molar-refractivity contribution is -0.385. The van der Waals surface area contributed by atoms with Crippen LogP contribution >= 0.6 is 0 Å². The maximum absolute atomic E-state index is 12.5. The van der Waals surface area contributed by atoms with Gasteiger partial charge in [0.1, 0.15) is 12.2 Å². The van der Waals surface area contributed by atoms with E-state index in [0.29, 0.717) is 11.1 Å². The standard InChI is InChI=1S/C19H16N2O6/c1-25-16-9-14(15(21(23)24)10-17(16)26-2)19(22)27-11-13-6-3-5-12-7-4-8-20-18(12)13/h3-10H,11H2,1-2H3. The molecule has 0 bridgehead atoms. The number of ether oxygens (including phenoxy) is 3. The van der Waals surface area contributed by atoms with Gasteiger partial charge < -0.3 is 14.2 Å². The molecule has 0 aliphatic carbocycles. The van der Waals surface area contributed by atoms with Crippen LogP contribution in [0.2, 0.25) is 0 Å². The number of rotatable bonds is 6. The van der Waals surface area contributed by atoms with E-state index in [4.69, 9.17) is 14.2 Å². The number of carbonyl (C=O) groups is 1. The predicted octanol–water partition coefficient (Wildman–Crippen LogP) is 3.52. The number of hydrogen-bond acceptors (Lipinski definition) is 7. The number of methoxy groups -OCH3 is 2. The van der Waals surface area contributed by atoms with Gasteiger partial charge >= 0.3 is 5.97 Å². The SMILES string of the molecule is COc1cc(C(=O)OCc2cccc3cccnc23)c([N+](=O)[O-])cc1OC. The Labute approximate surface area is 154 Å². The maximum Gasteiger partial charge on any atom is 0.345 e. The lowest BCUT2D eigenvalue weighted by Gasteiger charge is -2.11. The molecule has 0 saturated carbocycles. The van der Waals surface area contributed by atoms with E-state index in [1.807, 2.05) is 24.3 Å². The van der Waals surface area contributed by atoms with Gasteiger partial charge in [0.2, 0.25) is 0 Å². The van der Waals surface area contributed by atoms with Gasteiger partial charge in [-0.1, -0.05) is 24.3 Å². The summed E-state index contributed by atoms with van der Waals surface area (Å²) in [5.41, 5.74) is 0.763. The van der Waals surface area contributed by atoms with Gasteiger partial charge in [-0.2, -0.15) is 0 Å². The lowest BCUT2D eigenvalue weighted by Crippen LogP contribution is -2.09. The molecule has 0 aliphatic heterocycles. The molecule has 1 aromatic heterocycles. The average Bonchev–Trinajstić information content (AvgIpc) is 2.70. The first kappa shape index (κ1) is 18.1. The van der Waals surface area contributed by atoms with Gasteiger partial charge in [-0.3, -0.25) is 15.1 Å². The van der Waals surface area contributed by atoms with E-state index in [2.05, 4.69) is 4.98 Å². The van der Waals surface area contributed by atoms with E-state index in [1.54, 1.807) is 12.3 Å². The number of nitro groups is 1. The zero-order chi connectivity index (χ0) is 19.4. The summed E-state index contributed by atoms with van der Waals surface area (Å²) in [4.78, 5) is 27.5. The van der Waals surface area contributed by atoms with Crippen molar-refractivity contribution in [3.8, 4) is 11.5 Å². The van der Waals surface area contributed by atoms with Crippen LogP contribution in [-0.4, -0.2) is 30.1 Å². The van der Waals surface area contributed by atoms with Crippen LogP contribution in [0.5, 0.6) is 11.5 Å². The molecule has 138 valence electrons. The topological polar surface area (TPSA) is 101 Å². The number of fused-ring (bicyclic) bond motifs is 1. The van der Waals surface area contributed by atoms with Gasteiger partial charge in [-0.25, -0.2) is 4.79 Å². The third-order valence-electron chi connectivity index (χ3n) is 3.99. The molecule has 0 atom stereocenters. The molecule has 8 heteroatoms. The van der Waals surface area contributed by atoms with E-state index >= 15 is 0 Å². The van der Waals surface area contributed by atoms with Crippen molar-refractivity contribution in [1.82, 2.24) is 4.98 Å². The van der Waals surface area contributed by atoms with Crippen LogP contribution in [0.3, 0.4) is 0 Å². The Morgan fingerprint density at radius 1 is 1.11 bits per heavy atom. The molecule has 0 aliphatic rings. The molecule has 0 fully saturated rings. The van der Waals surface area contributed by atoms with Crippen LogP contribution in [0, 0.1) is 10.1 Å². The van der Waals surface area contributed by atoms with E-state index < -0.39 is 16.6 Å². The van der Waals surface area contributed by atoms with Crippen molar-refractivity contribution in [2.24, 2.45) is 0 Å². The molecular formula is C19H16N2O6. The highest BCUT2D eigenvalue weighted by Crippen LogP contribution is 2.35. The Morgan fingerprint density at radius 2 is 1.81 bits per heavy atom. The van der Waals surface area contributed by atoms with Crippen molar-refractivity contribution in [1.29, 1.82) is 0 Å². The van der Waals surface area contributed by atoms with Crippen molar-refractivity contribution in [2.45, 2.75) is 6.61 Å². The molecule has 1 heterocycles. The number of carbonyl (C=O) groups excluding carboxylic acids is 1. The largest absolute Gasteiger partial charge is 0.493 e. The van der Waals surface area contributed by atoms with Gasteiger partial charge in [-0.15, -0.1) is 0 Å². The Hall–Kier alpha value is -3.68. The average molecular weight is 368 g/mol. The molecule has 3 aromatic rings. The summed E-state index contributed by atoms with van der Waals surface area (Å²) in [7, 11) is 2.73. The predicted molar refractivity (Wildman–Crippen MR) is 97.1 cm³/mol. The number of esters is 1. The molecule has 0 saturated heterocycles. The number of pyridine rings is 1. The molecule has 0 N–H and O–H groups in total. The van der Waals surface area contributed by atoms with Gasteiger partial charge in [0.25, 0.3) is 5.69 Å². The summed E-state index contributed by atoms with van der Waals surface area (Å²) in [6.07, 6.45) is 1.65. The molecular weight excluding hydrogens is 352 g/mol. The molecule has 2 aromatic carbocycles. The second-order valence-electron chi connectivity index (χ2n) is 5.55. The summed E-state index contributed by atoms with van der Waals surface area (Å²) in [5.74, 6) is -0.489. The van der Waals surface area contributed by atoms with Crippen molar-refractivity contribution >= 4 is 22.6 Å². The minimum Gasteiger partial charge on any atom is -0.493 e. The number of benzene rings is 2. The highest BCUT2D eigenvalue weighted by molar-refractivity contribution is 5.95. The molecule has 0 radical (unpaired) electrons. The van der Waals surface area contributed by atoms with Gasteiger partial charge in [0.15, 0.2) is 11.5 Å². The van der Waals surface area contributed by atoms with Crippen LogP contribution in [0.1, 0.15) is 15.9 Å². The number of hydrogen-bond donors (Lipinski definition) is 0. The van der Waals surface area contributed by atoms with Crippen LogP contribution < -0.4 is 9.47 Å². The van der Waals surface area contributed by atoms with E-state index in [-0.39, 0.29) is 23.7 Å². The van der Waals surface area contributed by atoms with Crippen LogP contribution in [-0.2, 0) is 11.3 Å². The quantitative estimate of drug-likeness (QED) is 0.373. The van der Waals surface area contributed by atoms with Crippen LogP contribution in [0.15, 0.2) is 48.7 Å². The minimum atomic E-state index is -0.837. The van der Waals surface area contributed by atoms with Crippen molar-refractivity contribution < 1.29 is 23.9 Å². The lowest BCUT2D eigenvalue weighted by atomic mass is 10.1. The van der Waals surface area contributed by atoms with Gasteiger partial charge in [0, 0.05) is 23.2 Å². The Bertz CT molecular complexity index is 1010. The zero-order valence-corrected chi connectivity index (χ0v) is 14.7. The summed E-state index contributed by atoms with van der Waals surface area (Å²) >= 11 is 0. The molecule has 27 heavy (non-hydrogen) atoms. The first-order chi connectivity index (χ1) is 13.0. The summed E-state index contributed by atoms with van der Waals surface area (Å²) in [6.45, 7) is -0.0707. The Balaban J connectivity index is 1.90. The molecule has 0 amide bonds. The zero-order valence-electron chi connectivity index (χ0n) is 14.7. The van der Waals surface area contributed by atoms with Gasteiger partial charge in [-0.05, 0) is 6.07 Å². The summed E-state index contributed by atoms with van der Waals surface area (Å²) in [5, 5.41) is 12.2. The number of para-hydroxylation sites is 1. The second kappa shape index (κ2) is 7.69. The first-order valence-electron chi connectivity index (χ1n) is 7.95. The van der Waals surface area contributed by atoms with Crippen molar-refractivity contribution in [3.05, 3.63) is 69.9 Å². The molecule has 8 nitrogen and oxygen atoms in total.